The van der Waals surface area contributed by atoms with E-state index in [2.05, 4.69) is 243 Å². The number of hydrogen-bond donors (Lipinski definition) is 0. The van der Waals surface area contributed by atoms with Crippen LogP contribution in [0.5, 0.6) is 0 Å². The van der Waals surface area contributed by atoms with Crippen molar-refractivity contribution in [1.29, 1.82) is 0 Å². The lowest BCUT2D eigenvalue weighted by Crippen LogP contribution is -2.40. The Labute approximate surface area is 413 Å². The molecule has 10 aromatic carbocycles. The minimum Gasteiger partial charge on any atom is -0.309 e. The molecule has 0 fully saturated rings. The molecule has 12 aromatic rings. The maximum Gasteiger partial charge on any atom is 0.164 e. The maximum atomic E-state index is 5.44. The molecule has 14 rings (SSSR count). The predicted molar refractivity (Wildman–Crippen MR) is 291 cm³/mol. The van der Waals surface area contributed by atoms with Gasteiger partial charge in [-0.25, -0.2) is 15.0 Å². The molecular weight excluding hydrogens is 861 g/mol. The third-order valence-electron chi connectivity index (χ3n) is 15.3. The molecule has 0 saturated heterocycles. The second-order valence-corrected chi connectivity index (χ2v) is 19.5. The Kier molecular flexibility index (Phi) is 9.12. The Morgan fingerprint density at radius 1 is 0.310 bits per heavy atom. The average molecular weight is 907 g/mol. The molecule has 0 saturated carbocycles. The fourth-order valence-corrected chi connectivity index (χ4v) is 12.1. The highest BCUT2D eigenvalue weighted by atomic mass is 15.0. The van der Waals surface area contributed by atoms with Gasteiger partial charge in [-0.2, -0.15) is 0 Å². The Bertz CT molecular complexity index is 3970. The largest absolute Gasteiger partial charge is 0.309 e. The van der Waals surface area contributed by atoms with E-state index in [1.165, 1.54) is 66.3 Å². The van der Waals surface area contributed by atoms with E-state index >= 15 is 0 Å². The molecule has 0 N–H and O–H groups in total. The van der Waals surface area contributed by atoms with E-state index in [-0.39, 0.29) is 5.41 Å². The van der Waals surface area contributed by atoms with Crippen LogP contribution in [-0.2, 0) is 10.8 Å². The van der Waals surface area contributed by atoms with E-state index in [4.69, 9.17) is 15.0 Å². The van der Waals surface area contributed by atoms with E-state index in [1.807, 2.05) is 18.2 Å². The maximum absolute atomic E-state index is 5.44. The molecule has 334 valence electrons. The van der Waals surface area contributed by atoms with Crippen LogP contribution in [0.4, 0.5) is 0 Å². The van der Waals surface area contributed by atoms with Crippen molar-refractivity contribution < 1.29 is 0 Å². The average Bonchev–Trinajstić information content (AvgIpc) is 3.94. The molecule has 0 bridgehead atoms. The summed E-state index contributed by atoms with van der Waals surface area (Å²) in [6.07, 6.45) is 0. The summed E-state index contributed by atoms with van der Waals surface area (Å²) in [6.45, 7) is 4.75. The molecule has 2 aliphatic rings. The number of nitrogens with zero attached hydrogens (tertiary/aromatic N) is 4. The zero-order chi connectivity index (χ0) is 47.3. The number of fused-ring (bicyclic) bond motifs is 12. The van der Waals surface area contributed by atoms with E-state index in [1.54, 1.807) is 0 Å². The lowest BCUT2D eigenvalue weighted by Gasteiger charge is -2.46. The van der Waals surface area contributed by atoms with Crippen LogP contribution in [0.1, 0.15) is 47.2 Å². The molecule has 0 amide bonds. The summed E-state index contributed by atoms with van der Waals surface area (Å²) in [6, 6.07) is 88.1. The van der Waals surface area contributed by atoms with E-state index in [9.17, 15) is 0 Å². The fraction of sp³-hybridized carbons (Fsp3) is 0.0597. The lowest BCUT2D eigenvalue weighted by molar-refractivity contribution is 0.563. The summed E-state index contributed by atoms with van der Waals surface area (Å²) in [5, 5.41) is 2.50. The Balaban J connectivity index is 1.02. The predicted octanol–water partition coefficient (Wildman–Crippen LogP) is 16.3. The van der Waals surface area contributed by atoms with Crippen LogP contribution in [0.3, 0.4) is 0 Å². The Morgan fingerprint density at radius 3 is 1.41 bits per heavy atom. The number of para-hydroxylation sites is 2. The van der Waals surface area contributed by atoms with Gasteiger partial charge in [-0.05, 0) is 97.1 Å². The molecular formula is C67H46N4. The molecule has 2 aliphatic carbocycles. The van der Waals surface area contributed by atoms with E-state index in [0.717, 1.165) is 44.6 Å². The van der Waals surface area contributed by atoms with Gasteiger partial charge in [0.25, 0.3) is 0 Å². The van der Waals surface area contributed by atoms with Gasteiger partial charge < -0.3 is 4.57 Å². The smallest absolute Gasteiger partial charge is 0.164 e. The summed E-state index contributed by atoms with van der Waals surface area (Å²) in [4.78, 5) is 16.0. The van der Waals surface area contributed by atoms with Crippen LogP contribution in [0.25, 0.3) is 95.0 Å². The van der Waals surface area contributed by atoms with Gasteiger partial charge in [0.1, 0.15) is 0 Å². The van der Waals surface area contributed by atoms with Gasteiger partial charge in [0.15, 0.2) is 17.5 Å². The first kappa shape index (κ1) is 41.0. The number of aromatic nitrogens is 4. The minimum atomic E-state index is -0.613. The van der Waals surface area contributed by atoms with E-state index < -0.39 is 5.41 Å². The number of benzene rings is 10. The summed E-state index contributed by atoms with van der Waals surface area (Å²) in [5.74, 6) is 1.90. The summed E-state index contributed by atoms with van der Waals surface area (Å²) >= 11 is 0. The second-order valence-electron chi connectivity index (χ2n) is 19.5. The summed E-state index contributed by atoms with van der Waals surface area (Å²) in [5.41, 5.74) is 20.2. The molecule has 0 unspecified atom stereocenters. The minimum absolute atomic E-state index is 0.226. The standard InChI is InChI=1S/C67H46N4/c1-66(2)55-28-11-13-30-57(55)67(58-31-14-12-29-56(58)66)54-40-39-48(47-23-17-24-49(41-47)71-60-33-15-9-25-50(60)51-26-10-16-34-61(51)71)42-53(54)62-52(27-18-32-59(62)67)65-69-63(45-21-7-4-8-22-45)68-64(70-65)46-37-35-44(36-38-46)43-19-5-3-6-20-43/h3-42H,1-2H3. The van der Waals surface area contributed by atoms with Gasteiger partial charge in [-0.15, -0.1) is 0 Å². The SMILES string of the molecule is CC1(C)c2ccccc2C2(c3ccc(-c4cccc(-n5c6ccccc6c6ccccc65)c4)cc3-c3c(-c4nc(-c5ccccc5)nc(-c5ccc(-c6ccccc6)cc5)n4)cccc32)c2ccccc21. The van der Waals surface area contributed by atoms with Crippen LogP contribution in [0, 0.1) is 0 Å². The van der Waals surface area contributed by atoms with Crippen LogP contribution in [-0.4, -0.2) is 19.5 Å². The Morgan fingerprint density at radius 2 is 0.761 bits per heavy atom. The molecule has 0 radical (unpaired) electrons. The van der Waals surface area contributed by atoms with Crippen molar-refractivity contribution in [3.8, 4) is 73.2 Å². The van der Waals surface area contributed by atoms with Crippen molar-refractivity contribution in [3.63, 3.8) is 0 Å². The van der Waals surface area contributed by atoms with Crippen molar-refractivity contribution in [1.82, 2.24) is 19.5 Å². The van der Waals surface area contributed by atoms with Gasteiger partial charge >= 0.3 is 0 Å². The Hall–Kier alpha value is -8.99. The molecule has 4 nitrogen and oxygen atoms in total. The molecule has 71 heavy (non-hydrogen) atoms. The van der Waals surface area contributed by atoms with E-state index in [0.29, 0.717) is 17.5 Å². The van der Waals surface area contributed by atoms with Gasteiger partial charge in [0.2, 0.25) is 0 Å². The van der Waals surface area contributed by atoms with Gasteiger partial charge in [-0.1, -0.05) is 226 Å². The molecule has 2 aromatic heterocycles. The monoisotopic (exact) mass is 906 g/mol. The molecule has 0 atom stereocenters. The molecule has 4 heteroatoms. The molecule has 0 aliphatic heterocycles. The topological polar surface area (TPSA) is 43.6 Å². The first-order valence-corrected chi connectivity index (χ1v) is 24.5. The van der Waals surface area contributed by atoms with Crippen molar-refractivity contribution in [2.45, 2.75) is 24.7 Å². The van der Waals surface area contributed by atoms with Crippen LogP contribution in [0.2, 0.25) is 0 Å². The number of rotatable bonds is 6. The van der Waals surface area contributed by atoms with Gasteiger partial charge in [-0.3, -0.25) is 0 Å². The highest BCUT2D eigenvalue weighted by molar-refractivity contribution is 6.09. The van der Waals surface area contributed by atoms with Gasteiger partial charge in [0, 0.05) is 38.6 Å². The van der Waals surface area contributed by atoms with Crippen LogP contribution in [0.15, 0.2) is 243 Å². The highest BCUT2D eigenvalue weighted by Gasteiger charge is 2.54. The third kappa shape index (κ3) is 6.14. The van der Waals surface area contributed by atoms with Crippen LogP contribution >= 0.6 is 0 Å². The van der Waals surface area contributed by atoms with Gasteiger partial charge in [0.05, 0.1) is 16.4 Å². The molecule has 1 spiro atoms. The normalized spacial score (nSPS) is 13.7. The number of hydrogen-bond acceptors (Lipinski definition) is 3. The zero-order valence-electron chi connectivity index (χ0n) is 39.4. The third-order valence-corrected chi connectivity index (χ3v) is 15.3. The van der Waals surface area contributed by atoms with Crippen molar-refractivity contribution in [3.05, 3.63) is 276 Å². The van der Waals surface area contributed by atoms with Crippen molar-refractivity contribution >= 4 is 21.8 Å². The van der Waals surface area contributed by atoms with Crippen molar-refractivity contribution in [2.75, 3.05) is 0 Å². The van der Waals surface area contributed by atoms with Crippen LogP contribution < -0.4 is 0 Å². The first-order chi connectivity index (χ1) is 35.0. The fourth-order valence-electron chi connectivity index (χ4n) is 12.1. The summed E-state index contributed by atoms with van der Waals surface area (Å²) in [7, 11) is 0. The second kappa shape index (κ2) is 15.8. The summed E-state index contributed by atoms with van der Waals surface area (Å²) < 4.78 is 2.40. The first-order valence-electron chi connectivity index (χ1n) is 24.5. The lowest BCUT2D eigenvalue weighted by atomic mass is 9.55. The quantitative estimate of drug-likeness (QED) is 0.167. The zero-order valence-corrected chi connectivity index (χ0v) is 39.4. The molecule has 2 heterocycles. The van der Waals surface area contributed by atoms with Crippen molar-refractivity contribution in [2.24, 2.45) is 0 Å². The highest BCUT2D eigenvalue weighted by Crippen LogP contribution is 2.63.